The summed E-state index contributed by atoms with van der Waals surface area (Å²) in [5.74, 6) is -1.12. The molecule has 2 heterocycles. The second-order valence-electron chi connectivity index (χ2n) is 6.62. The summed E-state index contributed by atoms with van der Waals surface area (Å²) in [5, 5.41) is 9.47. The first kappa shape index (κ1) is 19.0. The SMILES string of the molecule is CS(=O)(=O)c1cc(C(=O)NC(=N)N)cc(-n2cccc2)c1N1CCCCC1. The summed E-state index contributed by atoms with van der Waals surface area (Å²) in [6.45, 7) is 1.52. The fourth-order valence-corrected chi connectivity index (χ4v) is 4.25. The Morgan fingerprint density at radius 3 is 2.33 bits per heavy atom. The summed E-state index contributed by atoms with van der Waals surface area (Å²) in [6, 6.07) is 6.67. The molecule has 0 atom stereocenters. The maximum Gasteiger partial charge on any atom is 0.258 e. The highest BCUT2D eigenvalue weighted by Gasteiger charge is 2.26. The molecule has 1 fully saturated rings. The van der Waals surface area contributed by atoms with Crippen molar-refractivity contribution in [2.75, 3.05) is 24.2 Å². The Labute approximate surface area is 158 Å². The summed E-state index contributed by atoms with van der Waals surface area (Å²) in [7, 11) is -3.60. The van der Waals surface area contributed by atoms with E-state index in [-0.39, 0.29) is 10.5 Å². The van der Waals surface area contributed by atoms with Crippen LogP contribution in [0, 0.1) is 5.41 Å². The number of anilines is 1. The van der Waals surface area contributed by atoms with Crippen LogP contribution in [0.1, 0.15) is 29.6 Å². The van der Waals surface area contributed by atoms with E-state index >= 15 is 0 Å². The monoisotopic (exact) mass is 389 g/mol. The number of piperidine rings is 1. The molecule has 0 bridgehead atoms. The van der Waals surface area contributed by atoms with Crippen LogP contribution in [0.25, 0.3) is 5.69 Å². The Kier molecular flexibility index (Phi) is 5.22. The van der Waals surface area contributed by atoms with Crippen molar-refractivity contribution in [1.82, 2.24) is 9.88 Å². The minimum Gasteiger partial charge on any atom is -0.370 e. The van der Waals surface area contributed by atoms with Gasteiger partial charge in [-0.1, -0.05) is 0 Å². The molecule has 144 valence electrons. The fraction of sp³-hybridized carbons (Fsp3) is 0.333. The highest BCUT2D eigenvalue weighted by molar-refractivity contribution is 7.90. The molecule has 2 aromatic rings. The molecule has 1 aliphatic heterocycles. The minimum absolute atomic E-state index is 0.101. The van der Waals surface area contributed by atoms with Gasteiger partial charge in [-0.3, -0.25) is 15.5 Å². The van der Waals surface area contributed by atoms with Gasteiger partial charge in [-0.2, -0.15) is 0 Å². The van der Waals surface area contributed by atoms with Gasteiger partial charge in [0.25, 0.3) is 5.91 Å². The number of hydrogen-bond acceptors (Lipinski definition) is 5. The lowest BCUT2D eigenvalue weighted by molar-refractivity contribution is 0.0976. The van der Waals surface area contributed by atoms with Crippen molar-refractivity contribution in [2.24, 2.45) is 5.73 Å². The van der Waals surface area contributed by atoms with E-state index in [1.54, 1.807) is 10.6 Å². The molecule has 8 nitrogen and oxygen atoms in total. The molecule has 0 radical (unpaired) electrons. The van der Waals surface area contributed by atoms with E-state index < -0.39 is 21.7 Å². The maximum absolute atomic E-state index is 12.6. The molecule has 9 heteroatoms. The molecule has 4 N–H and O–H groups in total. The molecule has 1 amide bonds. The van der Waals surface area contributed by atoms with Gasteiger partial charge in [0.1, 0.15) is 0 Å². The van der Waals surface area contributed by atoms with Crippen molar-refractivity contribution < 1.29 is 13.2 Å². The van der Waals surface area contributed by atoms with Gasteiger partial charge in [0.05, 0.1) is 16.3 Å². The van der Waals surface area contributed by atoms with Crippen molar-refractivity contribution in [3.05, 3.63) is 42.2 Å². The summed E-state index contributed by atoms with van der Waals surface area (Å²) >= 11 is 0. The van der Waals surface area contributed by atoms with Crippen molar-refractivity contribution in [3.63, 3.8) is 0 Å². The van der Waals surface area contributed by atoms with Crippen LogP contribution in [0.15, 0.2) is 41.6 Å². The molecular weight excluding hydrogens is 366 g/mol. The van der Waals surface area contributed by atoms with Crippen molar-refractivity contribution in [2.45, 2.75) is 24.2 Å². The van der Waals surface area contributed by atoms with Gasteiger partial charge in [0.2, 0.25) is 0 Å². The molecule has 0 saturated carbocycles. The second kappa shape index (κ2) is 7.43. The van der Waals surface area contributed by atoms with Gasteiger partial charge in [-0.05, 0) is 43.5 Å². The number of nitrogens with zero attached hydrogens (tertiary/aromatic N) is 2. The van der Waals surface area contributed by atoms with E-state index in [1.807, 2.05) is 24.5 Å². The molecule has 1 aliphatic rings. The van der Waals surface area contributed by atoms with Gasteiger partial charge < -0.3 is 15.2 Å². The molecular formula is C18H23N5O3S. The highest BCUT2D eigenvalue weighted by atomic mass is 32.2. The van der Waals surface area contributed by atoms with Crippen LogP contribution in [-0.2, 0) is 9.84 Å². The van der Waals surface area contributed by atoms with Crippen LogP contribution in [-0.4, -0.2) is 44.2 Å². The largest absolute Gasteiger partial charge is 0.370 e. The predicted octanol–water partition coefficient (Wildman–Crippen LogP) is 1.49. The van der Waals surface area contributed by atoms with Crippen molar-refractivity contribution in [1.29, 1.82) is 5.41 Å². The maximum atomic E-state index is 12.6. The average Bonchev–Trinajstić information content (AvgIpc) is 3.14. The Hall–Kier alpha value is -2.81. The lowest BCUT2D eigenvalue weighted by Crippen LogP contribution is -2.36. The zero-order valence-corrected chi connectivity index (χ0v) is 15.9. The molecule has 27 heavy (non-hydrogen) atoms. The zero-order chi connectivity index (χ0) is 19.6. The molecule has 0 spiro atoms. The van der Waals surface area contributed by atoms with Crippen LogP contribution in [0.5, 0.6) is 0 Å². The van der Waals surface area contributed by atoms with E-state index in [0.717, 1.165) is 38.6 Å². The Bertz CT molecular complexity index is 961. The van der Waals surface area contributed by atoms with E-state index in [9.17, 15) is 13.2 Å². The first-order valence-corrected chi connectivity index (χ1v) is 10.6. The van der Waals surface area contributed by atoms with E-state index in [2.05, 4.69) is 10.2 Å². The quantitative estimate of drug-likeness (QED) is 0.540. The molecule has 1 aromatic heterocycles. The van der Waals surface area contributed by atoms with Crippen molar-refractivity contribution in [3.8, 4) is 5.69 Å². The number of benzene rings is 1. The number of carbonyl (C=O) groups excluding carboxylic acids is 1. The van der Waals surface area contributed by atoms with Gasteiger partial charge in [-0.25, -0.2) is 8.42 Å². The number of aromatic nitrogens is 1. The van der Waals surface area contributed by atoms with Crippen LogP contribution in [0.3, 0.4) is 0 Å². The van der Waals surface area contributed by atoms with E-state index in [0.29, 0.717) is 11.4 Å². The lowest BCUT2D eigenvalue weighted by Gasteiger charge is -2.32. The first-order valence-electron chi connectivity index (χ1n) is 8.69. The van der Waals surface area contributed by atoms with E-state index in [4.69, 9.17) is 11.1 Å². The standard InChI is InChI=1S/C18H23N5O3S/c1-27(25,26)15-12-13(17(24)21-18(19)20)11-14(22-7-5-6-8-22)16(15)23-9-3-2-4-10-23/h5-8,11-12H,2-4,9-10H2,1H3,(H4,19,20,21,24). The molecule has 0 aliphatic carbocycles. The summed E-state index contributed by atoms with van der Waals surface area (Å²) in [4.78, 5) is 14.6. The summed E-state index contributed by atoms with van der Waals surface area (Å²) in [5.41, 5.74) is 6.60. The van der Waals surface area contributed by atoms with Gasteiger partial charge in [0.15, 0.2) is 15.8 Å². The molecule has 1 saturated heterocycles. The van der Waals surface area contributed by atoms with Gasteiger partial charge in [-0.15, -0.1) is 0 Å². The Morgan fingerprint density at radius 1 is 1.15 bits per heavy atom. The Morgan fingerprint density at radius 2 is 1.78 bits per heavy atom. The Balaban J connectivity index is 2.26. The van der Waals surface area contributed by atoms with Crippen LogP contribution < -0.4 is 16.0 Å². The first-order chi connectivity index (χ1) is 12.8. The fourth-order valence-electron chi connectivity index (χ4n) is 3.33. The summed E-state index contributed by atoms with van der Waals surface area (Å²) < 4.78 is 27.0. The molecule has 0 unspecified atom stereocenters. The third-order valence-electron chi connectivity index (χ3n) is 4.52. The lowest BCUT2D eigenvalue weighted by atomic mass is 10.1. The number of sulfone groups is 1. The second-order valence-corrected chi connectivity index (χ2v) is 8.60. The topological polar surface area (TPSA) is 121 Å². The molecule has 1 aromatic carbocycles. The number of nitrogens with two attached hydrogens (primary N) is 1. The van der Waals surface area contributed by atoms with E-state index in [1.165, 1.54) is 6.07 Å². The van der Waals surface area contributed by atoms with Gasteiger partial charge >= 0.3 is 0 Å². The average molecular weight is 389 g/mol. The highest BCUT2D eigenvalue weighted by Crippen LogP contribution is 2.35. The van der Waals surface area contributed by atoms with Crippen molar-refractivity contribution >= 4 is 27.4 Å². The number of guanidine groups is 1. The van der Waals surface area contributed by atoms with Crippen LogP contribution in [0.4, 0.5) is 5.69 Å². The smallest absolute Gasteiger partial charge is 0.258 e. The number of carbonyl (C=O) groups is 1. The zero-order valence-electron chi connectivity index (χ0n) is 15.1. The van der Waals surface area contributed by atoms with Crippen LogP contribution >= 0.6 is 0 Å². The number of rotatable bonds is 4. The minimum atomic E-state index is -3.60. The summed E-state index contributed by atoms with van der Waals surface area (Å²) in [6.07, 6.45) is 7.84. The van der Waals surface area contributed by atoms with Gasteiger partial charge in [0, 0.05) is 37.3 Å². The normalized spacial score (nSPS) is 14.8. The van der Waals surface area contributed by atoms with Crippen LogP contribution in [0.2, 0.25) is 0 Å². The number of hydrogen-bond donors (Lipinski definition) is 3. The third kappa shape index (κ3) is 4.13. The predicted molar refractivity (Wildman–Crippen MR) is 104 cm³/mol. The molecule has 3 rings (SSSR count). The number of amides is 1. The number of nitrogens with one attached hydrogen (secondary N) is 2. The third-order valence-corrected chi connectivity index (χ3v) is 5.63.